The third kappa shape index (κ3) is 2.08. The number of ether oxygens (including phenoxy) is 1. The van der Waals surface area contributed by atoms with Gasteiger partial charge in [-0.3, -0.25) is 4.98 Å². The van der Waals surface area contributed by atoms with Crippen LogP contribution >= 0.6 is 16.1 Å². The zero-order valence-corrected chi connectivity index (χ0v) is 12.9. The van der Waals surface area contributed by atoms with E-state index in [0.29, 0.717) is 11.7 Å². The normalized spacial score (nSPS) is 14.6. The van der Waals surface area contributed by atoms with Crippen molar-refractivity contribution in [2.75, 3.05) is 7.11 Å². The molecule has 1 aliphatic rings. The molecule has 21 heavy (non-hydrogen) atoms. The van der Waals surface area contributed by atoms with Gasteiger partial charge in [-0.1, -0.05) is 0 Å². The van der Waals surface area contributed by atoms with Crippen LogP contribution in [0.4, 0.5) is 0 Å². The second-order valence-electron chi connectivity index (χ2n) is 5.02. The van der Waals surface area contributed by atoms with Crippen LogP contribution in [0.5, 0.6) is 5.75 Å². The van der Waals surface area contributed by atoms with Crippen molar-refractivity contribution in [3.8, 4) is 17.1 Å². The van der Waals surface area contributed by atoms with Gasteiger partial charge in [0.15, 0.2) is 5.82 Å². The Balaban J connectivity index is 1.94. The average Bonchev–Trinajstić information content (AvgIpc) is 3.31. The highest BCUT2D eigenvalue weighted by Gasteiger charge is 2.30. The predicted octanol–water partition coefficient (Wildman–Crippen LogP) is 2.93. The molecule has 0 atom stereocenters. The molecule has 0 radical (unpaired) electrons. The molecule has 6 nitrogen and oxygen atoms in total. The predicted molar refractivity (Wildman–Crippen MR) is 81.4 cm³/mol. The fourth-order valence-electron chi connectivity index (χ4n) is 2.43. The number of halogens is 1. The van der Waals surface area contributed by atoms with E-state index in [9.17, 15) is 0 Å². The first-order valence-corrected chi connectivity index (χ1v) is 7.39. The minimum Gasteiger partial charge on any atom is -0.496 e. The zero-order valence-electron chi connectivity index (χ0n) is 11.3. The van der Waals surface area contributed by atoms with Crippen LogP contribution in [0.2, 0.25) is 0 Å². The van der Waals surface area contributed by atoms with Crippen molar-refractivity contribution >= 4 is 27.2 Å². The molecule has 4 rings (SSSR count). The van der Waals surface area contributed by atoms with E-state index < -0.39 is 0 Å². The molecule has 106 valence electrons. The molecule has 0 aromatic carbocycles. The van der Waals surface area contributed by atoms with Crippen molar-refractivity contribution in [1.29, 1.82) is 0 Å². The van der Waals surface area contributed by atoms with E-state index >= 15 is 0 Å². The third-order valence-corrected chi connectivity index (χ3v) is 4.19. The molecule has 3 heterocycles. The standard InChI is InChI=1S/C14H12BrN5O/c1-21-11-4-5-16-13(8-2-3-8)12(11)14-17-7-10-9(19-14)6-18-20(10)15/h4-8H,2-3H2,1H3. The Morgan fingerprint density at radius 2 is 2.14 bits per heavy atom. The fourth-order valence-corrected chi connectivity index (χ4v) is 2.80. The average molecular weight is 346 g/mol. The largest absolute Gasteiger partial charge is 0.496 e. The number of hydrogen-bond donors (Lipinski definition) is 0. The SMILES string of the molecule is COc1ccnc(C2CC2)c1-c1ncc2c(cnn2Br)n1. The quantitative estimate of drug-likeness (QED) is 0.730. The van der Waals surface area contributed by atoms with E-state index in [1.54, 1.807) is 29.4 Å². The maximum Gasteiger partial charge on any atom is 0.165 e. The number of pyridine rings is 1. The lowest BCUT2D eigenvalue weighted by Gasteiger charge is -2.11. The van der Waals surface area contributed by atoms with Crippen LogP contribution < -0.4 is 4.74 Å². The molecule has 3 aromatic rings. The van der Waals surface area contributed by atoms with Gasteiger partial charge in [0.05, 0.1) is 46.9 Å². The van der Waals surface area contributed by atoms with Crippen LogP contribution in [0.25, 0.3) is 22.4 Å². The lowest BCUT2D eigenvalue weighted by Crippen LogP contribution is -2.00. The molecular weight excluding hydrogens is 334 g/mol. The van der Waals surface area contributed by atoms with E-state index in [0.717, 1.165) is 40.9 Å². The summed E-state index contributed by atoms with van der Waals surface area (Å²) < 4.78 is 7.06. The van der Waals surface area contributed by atoms with Crippen LogP contribution in [0.15, 0.2) is 24.7 Å². The van der Waals surface area contributed by atoms with Gasteiger partial charge in [0, 0.05) is 12.1 Å². The first kappa shape index (κ1) is 12.7. The van der Waals surface area contributed by atoms with Gasteiger partial charge in [-0.25, -0.2) is 9.97 Å². The van der Waals surface area contributed by atoms with Gasteiger partial charge in [-0.15, -0.1) is 0 Å². The smallest absolute Gasteiger partial charge is 0.165 e. The monoisotopic (exact) mass is 345 g/mol. The van der Waals surface area contributed by atoms with Gasteiger partial charge in [-0.05, 0) is 18.9 Å². The van der Waals surface area contributed by atoms with Crippen molar-refractivity contribution in [3.05, 3.63) is 30.4 Å². The van der Waals surface area contributed by atoms with Crippen LogP contribution in [-0.4, -0.2) is 30.9 Å². The van der Waals surface area contributed by atoms with E-state index in [1.165, 1.54) is 0 Å². The summed E-state index contributed by atoms with van der Waals surface area (Å²) in [4.78, 5) is 13.6. The van der Waals surface area contributed by atoms with Gasteiger partial charge in [0.1, 0.15) is 16.8 Å². The Morgan fingerprint density at radius 3 is 2.90 bits per heavy atom. The Labute approximate surface area is 129 Å². The van der Waals surface area contributed by atoms with Crippen molar-refractivity contribution < 1.29 is 4.74 Å². The number of aromatic nitrogens is 5. The van der Waals surface area contributed by atoms with Crippen LogP contribution in [0.1, 0.15) is 24.5 Å². The van der Waals surface area contributed by atoms with E-state index in [2.05, 4.69) is 36.2 Å². The van der Waals surface area contributed by atoms with Gasteiger partial charge in [0.2, 0.25) is 0 Å². The molecule has 0 bridgehead atoms. The number of fused-ring (bicyclic) bond motifs is 1. The summed E-state index contributed by atoms with van der Waals surface area (Å²) in [6.07, 6.45) is 7.56. The van der Waals surface area contributed by atoms with Gasteiger partial charge >= 0.3 is 0 Å². The summed E-state index contributed by atoms with van der Waals surface area (Å²) in [5, 5.41) is 4.13. The van der Waals surface area contributed by atoms with Crippen molar-refractivity contribution in [1.82, 2.24) is 23.8 Å². The molecule has 0 unspecified atom stereocenters. The van der Waals surface area contributed by atoms with Gasteiger partial charge < -0.3 is 4.74 Å². The Bertz CT molecular complexity index is 827. The third-order valence-electron chi connectivity index (χ3n) is 3.63. The highest BCUT2D eigenvalue weighted by Crippen LogP contribution is 2.45. The molecule has 0 amide bonds. The summed E-state index contributed by atoms with van der Waals surface area (Å²) in [7, 11) is 1.66. The first-order valence-electron chi connectivity index (χ1n) is 6.68. The minimum absolute atomic E-state index is 0.494. The summed E-state index contributed by atoms with van der Waals surface area (Å²) in [5.74, 6) is 1.89. The summed E-state index contributed by atoms with van der Waals surface area (Å²) >= 11 is 3.31. The number of rotatable bonds is 3. The molecule has 3 aromatic heterocycles. The van der Waals surface area contributed by atoms with Crippen molar-refractivity contribution in [3.63, 3.8) is 0 Å². The van der Waals surface area contributed by atoms with Crippen LogP contribution in [0, 0.1) is 0 Å². The fraction of sp³-hybridized carbons (Fsp3) is 0.286. The molecule has 0 spiro atoms. The summed E-state index contributed by atoms with van der Waals surface area (Å²) in [5.41, 5.74) is 3.53. The summed E-state index contributed by atoms with van der Waals surface area (Å²) in [6.45, 7) is 0. The zero-order chi connectivity index (χ0) is 14.4. The first-order chi connectivity index (χ1) is 10.3. The van der Waals surface area contributed by atoms with E-state index in [-0.39, 0.29) is 0 Å². The lowest BCUT2D eigenvalue weighted by atomic mass is 10.1. The molecule has 0 aliphatic heterocycles. The number of hydrogen-bond acceptors (Lipinski definition) is 5. The molecule has 1 fully saturated rings. The minimum atomic E-state index is 0.494. The Kier molecular flexibility index (Phi) is 2.88. The molecule has 0 saturated heterocycles. The Morgan fingerprint density at radius 1 is 1.29 bits per heavy atom. The van der Waals surface area contributed by atoms with Gasteiger partial charge in [-0.2, -0.15) is 8.81 Å². The van der Waals surface area contributed by atoms with Crippen LogP contribution in [0.3, 0.4) is 0 Å². The van der Waals surface area contributed by atoms with Crippen molar-refractivity contribution in [2.24, 2.45) is 0 Å². The van der Waals surface area contributed by atoms with Crippen LogP contribution in [-0.2, 0) is 0 Å². The molecular formula is C14H12BrN5O. The van der Waals surface area contributed by atoms with E-state index in [1.807, 2.05) is 6.07 Å². The second kappa shape index (κ2) is 4.77. The topological polar surface area (TPSA) is 65.7 Å². The molecule has 1 aliphatic carbocycles. The molecule has 0 N–H and O–H groups in total. The molecule has 1 saturated carbocycles. The van der Waals surface area contributed by atoms with E-state index in [4.69, 9.17) is 4.74 Å². The maximum atomic E-state index is 5.49. The number of methoxy groups -OCH3 is 1. The van der Waals surface area contributed by atoms with Crippen molar-refractivity contribution in [2.45, 2.75) is 18.8 Å². The van der Waals surface area contributed by atoms with Gasteiger partial charge in [0.25, 0.3) is 0 Å². The lowest BCUT2D eigenvalue weighted by molar-refractivity contribution is 0.415. The highest BCUT2D eigenvalue weighted by atomic mass is 79.9. The Hall–Kier alpha value is -2.02. The summed E-state index contributed by atoms with van der Waals surface area (Å²) in [6, 6.07) is 1.85. The second-order valence-corrected chi connectivity index (χ2v) is 5.69. The number of nitrogens with zero attached hydrogens (tertiary/aromatic N) is 5. The molecule has 7 heteroatoms. The highest BCUT2D eigenvalue weighted by molar-refractivity contribution is 9.08. The maximum absolute atomic E-state index is 5.49.